The average Bonchev–Trinajstić information content (AvgIpc) is 2.47. The standard InChI is InChI=1S/C11H18O9/c1-19-8(15)2-3-9(16)20-5-7(14)11(18)10(17)6(13)4-12/h2-3,6-7,10-14,17-18H,4-5H2,1H3/b3-2-/t6-,7-,10-,11-/m1/s1. The van der Waals surface area contributed by atoms with Crippen LogP contribution in [0.2, 0.25) is 0 Å². The largest absolute Gasteiger partial charge is 0.466 e. The van der Waals surface area contributed by atoms with Crippen molar-refractivity contribution in [2.24, 2.45) is 0 Å². The van der Waals surface area contributed by atoms with Gasteiger partial charge in [0, 0.05) is 12.2 Å². The summed E-state index contributed by atoms with van der Waals surface area (Å²) in [5.74, 6) is -1.75. The SMILES string of the molecule is COC(=O)/C=C\C(=O)OC[C@@H](O)[C@@H](O)[C@H](O)[C@H](O)CO. The molecule has 0 aliphatic carbocycles. The molecule has 0 saturated carbocycles. The van der Waals surface area contributed by atoms with Crippen molar-refractivity contribution >= 4 is 11.9 Å². The van der Waals surface area contributed by atoms with Gasteiger partial charge in [0.1, 0.15) is 31.0 Å². The van der Waals surface area contributed by atoms with Gasteiger partial charge in [0.25, 0.3) is 0 Å². The van der Waals surface area contributed by atoms with Crippen molar-refractivity contribution in [2.75, 3.05) is 20.3 Å². The molecule has 0 amide bonds. The maximum atomic E-state index is 11.1. The number of methoxy groups -OCH3 is 1. The molecule has 0 aromatic rings. The summed E-state index contributed by atoms with van der Waals surface area (Å²) in [5, 5.41) is 45.7. The Hall–Kier alpha value is -1.52. The van der Waals surface area contributed by atoms with Crippen LogP contribution in [0.15, 0.2) is 12.2 Å². The van der Waals surface area contributed by atoms with Crippen LogP contribution in [0.25, 0.3) is 0 Å². The predicted octanol–water partition coefficient (Wildman–Crippen LogP) is -3.31. The first-order chi connectivity index (χ1) is 9.33. The van der Waals surface area contributed by atoms with Crippen molar-refractivity contribution in [2.45, 2.75) is 24.4 Å². The summed E-state index contributed by atoms with van der Waals surface area (Å²) in [6.07, 6.45) is -5.40. The highest BCUT2D eigenvalue weighted by Crippen LogP contribution is 2.05. The summed E-state index contributed by atoms with van der Waals surface area (Å²) in [6, 6.07) is 0. The molecule has 116 valence electrons. The lowest BCUT2D eigenvalue weighted by Gasteiger charge is -2.25. The van der Waals surface area contributed by atoms with Crippen LogP contribution in [0.3, 0.4) is 0 Å². The first-order valence-electron chi connectivity index (χ1n) is 5.59. The van der Waals surface area contributed by atoms with E-state index < -0.39 is 49.6 Å². The molecular weight excluding hydrogens is 276 g/mol. The van der Waals surface area contributed by atoms with E-state index in [1.54, 1.807) is 0 Å². The lowest BCUT2D eigenvalue weighted by Crippen LogP contribution is -2.47. The second kappa shape index (κ2) is 9.39. The molecule has 0 radical (unpaired) electrons. The molecule has 0 unspecified atom stereocenters. The monoisotopic (exact) mass is 294 g/mol. The predicted molar refractivity (Wildman–Crippen MR) is 63.2 cm³/mol. The van der Waals surface area contributed by atoms with E-state index >= 15 is 0 Å². The minimum absolute atomic E-state index is 0.680. The lowest BCUT2D eigenvalue weighted by atomic mass is 10.0. The van der Waals surface area contributed by atoms with Gasteiger partial charge in [-0.2, -0.15) is 0 Å². The van der Waals surface area contributed by atoms with Gasteiger partial charge in [-0.3, -0.25) is 0 Å². The third-order valence-electron chi connectivity index (χ3n) is 2.28. The second-order valence-corrected chi connectivity index (χ2v) is 3.78. The number of carbonyl (C=O) groups is 2. The fourth-order valence-corrected chi connectivity index (χ4v) is 1.08. The first-order valence-corrected chi connectivity index (χ1v) is 5.59. The molecule has 0 aliphatic rings. The Bertz CT molecular complexity index is 341. The summed E-state index contributed by atoms with van der Waals surface area (Å²) in [5.41, 5.74) is 0. The summed E-state index contributed by atoms with van der Waals surface area (Å²) in [7, 11) is 1.12. The highest BCUT2D eigenvalue weighted by Gasteiger charge is 2.30. The summed E-state index contributed by atoms with van der Waals surface area (Å²) in [6.45, 7) is -1.49. The van der Waals surface area contributed by atoms with E-state index in [0.717, 1.165) is 19.3 Å². The van der Waals surface area contributed by atoms with Gasteiger partial charge in [0.15, 0.2) is 0 Å². The maximum absolute atomic E-state index is 11.1. The average molecular weight is 294 g/mol. The molecule has 0 heterocycles. The van der Waals surface area contributed by atoms with E-state index in [2.05, 4.69) is 9.47 Å². The number of hydrogen-bond donors (Lipinski definition) is 5. The Kier molecular flexibility index (Phi) is 8.68. The van der Waals surface area contributed by atoms with Gasteiger partial charge in [0.2, 0.25) is 0 Å². The van der Waals surface area contributed by atoms with E-state index in [-0.39, 0.29) is 0 Å². The molecule has 20 heavy (non-hydrogen) atoms. The molecule has 0 rings (SSSR count). The topological polar surface area (TPSA) is 154 Å². The number of esters is 2. The van der Waals surface area contributed by atoms with Gasteiger partial charge < -0.3 is 35.0 Å². The molecule has 0 aliphatic heterocycles. The van der Waals surface area contributed by atoms with Gasteiger partial charge in [0.05, 0.1) is 13.7 Å². The van der Waals surface area contributed by atoms with E-state index in [1.807, 2.05) is 0 Å². The van der Waals surface area contributed by atoms with E-state index in [9.17, 15) is 24.9 Å². The van der Waals surface area contributed by atoms with Crippen LogP contribution in [-0.2, 0) is 19.1 Å². The number of carbonyl (C=O) groups excluding carboxylic acids is 2. The van der Waals surface area contributed by atoms with Gasteiger partial charge in [-0.15, -0.1) is 0 Å². The molecule has 5 N–H and O–H groups in total. The zero-order valence-corrected chi connectivity index (χ0v) is 10.7. The second-order valence-electron chi connectivity index (χ2n) is 3.78. The highest BCUT2D eigenvalue weighted by molar-refractivity contribution is 5.91. The Morgan fingerprint density at radius 1 is 1.00 bits per heavy atom. The summed E-state index contributed by atoms with van der Waals surface area (Å²) < 4.78 is 8.71. The third-order valence-corrected chi connectivity index (χ3v) is 2.28. The van der Waals surface area contributed by atoms with Crippen LogP contribution >= 0.6 is 0 Å². The van der Waals surface area contributed by atoms with Gasteiger partial charge >= 0.3 is 11.9 Å². The third kappa shape index (κ3) is 6.59. The van der Waals surface area contributed by atoms with E-state index in [1.165, 1.54) is 0 Å². The fourth-order valence-electron chi connectivity index (χ4n) is 1.08. The number of ether oxygens (including phenoxy) is 2. The van der Waals surface area contributed by atoms with E-state index in [4.69, 9.17) is 10.2 Å². The van der Waals surface area contributed by atoms with Gasteiger partial charge in [-0.1, -0.05) is 0 Å². The van der Waals surface area contributed by atoms with Crippen LogP contribution in [0.5, 0.6) is 0 Å². The zero-order valence-electron chi connectivity index (χ0n) is 10.7. The first kappa shape index (κ1) is 18.5. The Labute approximate surface area is 114 Å². The summed E-state index contributed by atoms with van der Waals surface area (Å²) in [4.78, 5) is 21.8. The molecular formula is C11H18O9. The minimum atomic E-state index is -1.82. The minimum Gasteiger partial charge on any atom is -0.466 e. The van der Waals surface area contributed by atoms with Crippen LogP contribution < -0.4 is 0 Å². The molecule has 0 aromatic heterocycles. The normalized spacial score (nSPS) is 17.3. The van der Waals surface area contributed by atoms with Gasteiger partial charge in [-0.05, 0) is 0 Å². The van der Waals surface area contributed by atoms with Crippen LogP contribution in [0, 0.1) is 0 Å². The van der Waals surface area contributed by atoms with Crippen molar-refractivity contribution in [3.05, 3.63) is 12.2 Å². The Morgan fingerprint density at radius 2 is 1.50 bits per heavy atom. The highest BCUT2D eigenvalue weighted by atomic mass is 16.5. The Morgan fingerprint density at radius 3 is 2.00 bits per heavy atom. The smallest absolute Gasteiger partial charge is 0.331 e. The van der Waals surface area contributed by atoms with Crippen molar-refractivity contribution in [3.8, 4) is 0 Å². The number of aliphatic hydroxyl groups excluding tert-OH is 5. The van der Waals surface area contributed by atoms with Crippen LogP contribution in [-0.4, -0.2) is 82.2 Å². The number of aliphatic hydroxyl groups is 5. The quantitative estimate of drug-likeness (QED) is 0.229. The number of hydrogen-bond acceptors (Lipinski definition) is 9. The molecule has 0 spiro atoms. The summed E-state index contributed by atoms with van der Waals surface area (Å²) >= 11 is 0. The molecule has 0 aromatic carbocycles. The van der Waals surface area contributed by atoms with Crippen molar-refractivity contribution in [3.63, 3.8) is 0 Å². The molecule has 4 atom stereocenters. The van der Waals surface area contributed by atoms with Crippen LogP contribution in [0.4, 0.5) is 0 Å². The van der Waals surface area contributed by atoms with Crippen molar-refractivity contribution in [1.82, 2.24) is 0 Å². The fraction of sp³-hybridized carbons (Fsp3) is 0.636. The molecule has 0 fully saturated rings. The maximum Gasteiger partial charge on any atom is 0.331 e. The molecule has 0 bridgehead atoms. The zero-order chi connectivity index (χ0) is 15.7. The molecule has 0 saturated heterocycles. The lowest BCUT2D eigenvalue weighted by molar-refractivity contribution is -0.151. The van der Waals surface area contributed by atoms with E-state index in [0.29, 0.717) is 0 Å². The van der Waals surface area contributed by atoms with Crippen molar-refractivity contribution < 1.29 is 44.6 Å². The molecule has 9 heteroatoms. The van der Waals surface area contributed by atoms with Crippen molar-refractivity contribution in [1.29, 1.82) is 0 Å². The molecule has 9 nitrogen and oxygen atoms in total. The van der Waals surface area contributed by atoms with Gasteiger partial charge in [-0.25, -0.2) is 9.59 Å². The number of rotatable bonds is 8. The van der Waals surface area contributed by atoms with Crippen LogP contribution in [0.1, 0.15) is 0 Å². The Balaban J connectivity index is 4.21.